The minimum Gasteiger partial charge on any atom is -0.383 e. The number of guanidine groups is 1. The van der Waals surface area contributed by atoms with Crippen LogP contribution >= 0.6 is 0 Å². The molecule has 1 unspecified atom stereocenters. The third-order valence-electron chi connectivity index (χ3n) is 3.51. The predicted octanol–water partition coefficient (Wildman–Crippen LogP) is 0.805. The Balaban J connectivity index is 2.33. The van der Waals surface area contributed by atoms with Crippen LogP contribution in [0.4, 0.5) is 0 Å². The molecule has 19 heavy (non-hydrogen) atoms. The van der Waals surface area contributed by atoms with Gasteiger partial charge in [0.25, 0.3) is 0 Å². The van der Waals surface area contributed by atoms with E-state index < -0.39 is 0 Å². The first kappa shape index (κ1) is 13.8. The summed E-state index contributed by atoms with van der Waals surface area (Å²) >= 11 is 0. The van der Waals surface area contributed by atoms with Crippen LogP contribution < -0.4 is 5.73 Å². The minimum atomic E-state index is -0.321. The topological polar surface area (TPSA) is 60.1 Å². The molecule has 1 heterocycles. The normalized spacial score (nSPS) is 22.6. The molecule has 1 aliphatic rings. The quantitative estimate of drug-likeness (QED) is 0.825. The molecule has 0 saturated heterocycles. The second-order valence-corrected chi connectivity index (χ2v) is 4.65. The van der Waals surface area contributed by atoms with Crippen LogP contribution in [-0.4, -0.2) is 51.4 Å². The molecule has 0 saturated carbocycles. The number of nitrogens with two attached hydrogens (primary N) is 1. The van der Waals surface area contributed by atoms with Gasteiger partial charge in [0.1, 0.15) is 5.54 Å². The fourth-order valence-corrected chi connectivity index (χ4v) is 2.55. The maximum absolute atomic E-state index is 6.03. The van der Waals surface area contributed by atoms with Gasteiger partial charge in [-0.05, 0) is 5.56 Å². The lowest BCUT2D eigenvalue weighted by Crippen LogP contribution is -2.53. The number of aliphatic imine (C=N–C) groups is 1. The average molecular weight is 263 g/mol. The number of methoxy groups -OCH3 is 2. The van der Waals surface area contributed by atoms with Gasteiger partial charge in [0.2, 0.25) is 0 Å². The van der Waals surface area contributed by atoms with Crippen LogP contribution in [0.2, 0.25) is 0 Å². The molecule has 104 valence electrons. The second-order valence-electron chi connectivity index (χ2n) is 4.65. The number of benzene rings is 1. The summed E-state index contributed by atoms with van der Waals surface area (Å²) in [6.45, 7) is 2.46. The summed E-state index contributed by atoms with van der Waals surface area (Å²) in [7, 11) is 3.39. The van der Waals surface area contributed by atoms with Crippen molar-refractivity contribution in [2.75, 3.05) is 40.5 Å². The van der Waals surface area contributed by atoms with E-state index in [1.165, 1.54) is 0 Å². The minimum absolute atomic E-state index is 0.321. The van der Waals surface area contributed by atoms with E-state index in [0.717, 1.165) is 5.56 Å². The van der Waals surface area contributed by atoms with Crippen molar-refractivity contribution in [1.82, 2.24) is 4.90 Å². The van der Waals surface area contributed by atoms with Crippen LogP contribution in [0, 0.1) is 0 Å². The third kappa shape index (κ3) is 2.57. The SMILES string of the molecule is COCCN1C(N)=NCC1(COC)c1ccccc1. The van der Waals surface area contributed by atoms with Gasteiger partial charge in [-0.1, -0.05) is 30.3 Å². The Labute approximate surface area is 114 Å². The van der Waals surface area contributed by atoms with Crippen molar-refractivity contribution in [3.63, 3.8) is 0 Å². The molecule has 2 N–H and O–H groups in total. The number of hydrogen-bond acceptors (Lipinski definition) is 5. The molecule has 0 aromatic heterocycles. The summed E-state index contributed by atoms with van der Waals surface area (Å²) in [6, 6.07) is 10.2. The lowest BCUT2D eigenvalue weighted by Gasteiger charge is -2.39. The highest BCUT2D eigenvalue weighted by Crippen LogP contribution is 2.33. The monoisotopic (exact) mass is 263 g/mol. The molecule has 0 bridgehead atoms. The summed E-state index contributed by atoms with van der Waals surface area (Å²) in [5, 5.41) is 0. The Morgan fingerprint density at radius 2 is 2.00 bits per heavy atom. The maximum atomic E-state index is 6.03. The second kappa shape index (κ2) is 6.04. The molecule has 0 fully saturated rings. The van der Waals surface area contributed by atoms with Crippen molar-refractivity contribution >= 4 is 5.96 Å². The van der Waals surface area contributed by atoms with Crippen LogP contribution in [0.1, 0.15) is 5.56 Å². The maximum Gasteiger partial charge on any atom is 0.192 e. The molecule has 2 rings (SSSR count). The average Bonchev–Trinajstić information content (AvgIpc) is 2.76. The van der Waals surface area contributed by atoms with E-state index in [9.17, 15) is 0 Å². The van der Waals surface area contributed by atoms with E-state index in [0.29, 0.717) is 32.3 Å². The summed E-state index contributed by atoms with van der Waals surface area (Å²) in [6.07, 6.45) is 0. The van der Waals surface area contributed by atoms with Gasteiger partial charge in [0.15, 0.2) is 5.96 Å². The number of hydrogen-bond donors (Lipinski definition) is 1. The fraction of sp³-hybridized carbons (Fsp3) is 0.500. The molecule has 0 amide bonds. The van der Waals surface area contributed by atoms with E-state index in [1.54, 1.807) is 14.2 Å². The Morgan fingerprint density at radius 3 is 2.63 bits per heavy atom. The van der Waals surface area contributed by atoms with Gasteiger partial charge in [0.05, 0.1) is 19.8 Å². The van der Waals surface area contributed by atoms with Gasteiger partial charge in [-0.2, -0.15) is 0 Å². The number of nitrogens with zero attached hydrogens (tertiary/aromatic N) is 2. The van der Waals surface area contributed by atoms with Crippen LogP contribution in [-0.2, 0) is 15.0 Å². The predicted molar refractivity (Wildman–Crippen MR) is 75.1 cm³/mol. The molecule has 5 nitrogen and oxygen atoms in total. The van der Waals surface area contributed by atoms with Crippen LogP contribution in [0.15, 0.2) is 35.3 Å². The zero-order valence-corrected chi connectivity index (χ0v) is 11.5. The molecule has 0 spiro atoms. The highest BCUT2D eigenvalue weighted by atomic mass is 16.5. The highest BCUT2D eigenvalue weighted by Gasteiger charge is 2.43. The first-order valence-electron chi connectivity index (χ1n) is 6.35. The van der Waals surface area contributed by atoms with E-state index in [2.05, 4.69) is 22.0 Å². The molecular formula is C14H21N3O2. The van der Waals surface area contributed by atoms with Crippen molar-refractivity contribution in [2.45, 2.75) is 5.54 Å². The van der Waals surface area contributed by atoms with Crippen molar-refractivity contribution in [1.29, 1.82) is 0 Å². The smallest absolute Gasteiger partial charge is 0.192 e. The molecular weight excluding hydrogens is 242 g/mol. The molecule has 1 aliphatic heterocycles. The van der Waals surface area contributed by atoms with Gasteiger partial charge in [-0.3, -0.25) is 4.99 Å². The Kier molecular flexibility index (Phi) is 4.39. The van der Waals surface area contributed by atoms with Gasteiger partial charge in [-0.25, -0.2) is 0 Å². The van der Waals surface area contributed by atoms with Crippen molar-refractivity contribution in [3.8, 4) is 0 Å². The standard InChI is InChI=1S/C14H21N3O2/c1-18-9-8-17-13(15)16-10-14(17,11-19-2)12-6-4-3-5-7-12/h3-7H,8-11H2,1-2H3,(H2,15,16). The van der Waals surface area contributed by atoms with Crippen LogP contribution in [0.25, 0.3) is 0 Å². The van der Waals surface area contributed by atoms with E-state index in [4.69, 9.17) is 15.2 Å². The van der Waals surface area contributed by atoms with E-state index >= 15 is 0 Å². The van der Waals surface area contributed by atoms with Gasteiger partial charge in [-0.15, -0.1) is 0 Å². The zero-order chi connectivity index (χ0) is 13.7. The van der Waals surface area contributed by atoms with Gasteiger partial charge >= 0.3 is 0 Å². The summed E-state index contributed by atoms with van der Waals surface area (Å²) in [5.74, 6) is 0.554. The molecule has 5 heteroatoms. The molecule has 1 aromatic carbocycles. The Morgan fingerprint density at radius 1 is 1.26 bits per heavy atom. The lowest BCUT2D eigenvalue weighted by molar-refractivity contribution is 0.0505. The first-order chi connectivity index (χ1) is 9.24. The highest BCUT2D eigenvalue weighted by molar-refractivity contribution is 5.81. The largest absolute Gasteiger partial charge is 0.383 e. The molecule has 1 atom stereocenters. The van der Waals surface area contributed by atoms with Crippen LogP contribution in [0.3, 0.4) is 0 Å². The summed E-state index contributed by atoms with van der Waals surface area (Å²) < 4.78 is 10.6. The third-order valence-corrected chi connectivity index (χ3v) is 3.51. The summed E-state index contributed by atoms with van der Waals surface area (Å²) in [4.78, 5) is 6.48. The Hall–Kier alpha value is -1.59. The number of rotatable bonds is 6. The Bertz CT molecular complexity index is 436. The van der Waals surface area contributed by atoms with Crippen LogP contribution in [0.5, 0.6) is 0 Å². The molecule has 0 radical (unpaired) electrons. The first-order valence-corrected chi connectivity index (χ1v) is 6.35. The molecule has 0 aliphatic carbocycles. The number of ether oxygens (including phenoxy) is 2. The van der Waals surface area contributed by atoms with Crippen molar-refractivity contribution in [2.24, 2.45) is 10.7 Å². The van der Waals surface area contributed by atoms with Crippen molar-refractivity contribution in [3.05, 3.63) is 35.9 Å². The molecule has 1 aromatic rings. The summed E-state index contributed by atoms with van der Waals surface area (Å²) in [5.41, 5.74) is 6.87. The lowest BCUT2D eigenvalue weighted by atomic mass is 9.89. The van der Waals surface area contributed by atoms with E-state index in [1.807, 2.05) is 18.2 Å². The van der Waals surface area contributed by atoms with Gasteiger partial charge in [0, 0.05) is 20.8 Å². The van der Waals surface area contributed by atoms with E-state index in [-0.39, 0.29) is 5.54 Å². The van der Waals surface area contributed by atoms with Crippen molar-refractivity contribution < 1.29 is 9.47 Å². The fourth-order valence-electron chi connectivity index (χ4n) is 2.55. The van der Waals surface area contributed by atoms with Gasteiger partial charge < -0.3 is 20.1 Å². The zero-order valence-electron chi connectivity index (χ0n) is 11.5.